The number of hydrogen-bond acceptors (Lipinski definition) is 6. The SMILES string of the molecule is COc1ccc(CC(=O)N[C@@H](C)c2nnc(SCC(=O)Nc3ccc(C)cc3)n2C)cc1. The summed E-state index contributed by atoms with van der Waals surface area (Å²) in [6, 6.07) is 14.7. The van der Waals surface area contributed by atoms with Gasteiger partial charge in [0.05, 0.1) is 25.3 Å². The van der Waals surface area contributed by atoms with Crippen LogP contribution in [-0.2, 0) is 23.1 Å². The second kappa shape index (κ2) is 10.8. The first-order valence-corrected chi connectivity index (χ1v) is 11.1. The summed E-state index contributed by atoms with van der Waals surface area (Å²) in [4.78, 5) is 24.6. The van der Waals surface area contributed by atoms with E-state index in [0.29, 0.717) is 11.0 Å². The third-order valence-electron chi connectivity index (χ3n) is 4.82. The Bertz CT molecular complexity index is 1060. The standard InChI is InChI=1S/C23H27N5O3S/c1-15-5-9-18(10-6-15)25-21(30)14-32-23-27-26-22(28(23)3)16(2)24-20(29)13-17-7-11-19(31-4)12-8-17/h5-12,16H,13-14H2,1-4H3,(H,24,29)(H,25,30)/t16-/m0/s1. The first kappa shape index (κ1) is 23.3. The zero-order chi connectivity index (χ0) is 23.1. The summed E-state index contributed by atoms with van der Waals surface area (Å²) in [5.74, 6) is 1.34. The largest absolute Gasteiger partial charge is 0.497 e. The highest BCUT2D eigenvalue weighted by Gasteiger charge is 2.18. The quantitative estimate of drug-likeness (QED) is 0.483. The molecule has 2 N–H and O–H groups in total. The summed E-state index contributed by atoms with van der Waals surface area (Å²) in [7, 11) is 3.43. The highest BCUT2D eigenvalue weighted by molar-refractivity contribution is 7.99. The summed E-state index contributed by atoms with van der Waals surface area (Å²) in [6.45, 7) is 3.85. The van der Waals surface area contributed by atoms with Gasteiger partial charge in [-0.2, -0.15) is 0 Å². The Morgan fingerprint density at radius 3 is 2.41 bits per heavy atom. The van der Waals surface area contributed by atoms with E-state index in [0.717, 1.165) is 22.6 Å². The average Bonchev–Trinajstić information content (AvgIpc) is 3.15. The van der Waals surface area contributed by atoms with Crippen molar-refractivity contribution < 1.29 is 14.3 Å². The minimum absolute atomic E-state index is 0.114. The Morgan fingerprint density at radius 2 is 1.75 bits per heavy atom. The summed E-state index contributed by atoms with van der Waals surface area (Å²) in [6.07, 6.45) is 0.257. The molecule has 0 fully saturated rings. The second-order valence-electron chi connectivity index (χ2n) is 7.42. The average molecular weight is 454 g/mol. The van der Waals surface area contributed by atoms with Crippen LogP contribution in [0.3, 0.4) is 0 Å². The fourth-order valence-corrected chi connectivity index (χ4v) is 3.80. The predicted octanol–water partition coefficient (Wildman–Crippen LogP) is 3.28. The first-order chi connectivity index (χ1) is 15.4. The number of carbonyl (C=O) groups excluding carboxylic acids is 2. The zero-order valence-corrected chi connectivity index (χ0v) is 19.4. The van der Waals surface area contributed by atoms with Gasteiger partial charge in [0.1, 0.15) is 5.75 Å². The summed E-state index contributed by atoms with van der Waals surface area (Å²) >= 11 is 1.29. The van der Waals surface area contributed by atoms with Crippen molar-refractivity contribution in [2.75, 3.05) is 18.2 Å². The molecule has 1 aromatic heterocycles. The van der Waals surface area contributed by atoms with E-state index in [-0.39, 0.29) is 30.0 Å². The molecule has 2 amide bonds. The van der Waals surface area contributed by atoms with Crippen LogP contribution in [0.25, 0.3) is 0 Å². The van der Waals surface area contributed by atoms with Gasteiger partial charge in [-0.1, -0.05) is 41.6 Å². The van der Waals surface area contributed by atoms with Gasteiger partial charge in [-0.15, -0.1) is 10.2 Å². The van der Waals surface area contributed by atoms with E-state index in [1.807, 2.05) is 69.4 Å². The zero-order valence-electron chi connectivity index (χ0n) is 18.6. The summed E-state index contributed by atoms with van der Waals surface area (Å²) in [5.41, 5.74) is 2.78. The van der Waals surface area contributed by atoms with Crippen molar-refractivity contribution in [2.24, 2.45) is 7.05 Å². The first-order valence-electron chi connectivity index (χ1n) is 10.2. The van der Waals surface area contributed by atoms with Crippen molar-refractivity contribution in [2.45, 2.75) is 31.5 Å². The van der Waals surface area contributed by atoms with Crippen LogP contribution in [0.1, 0.15) is 29.9 Å². The number of methoxy groups -OCH3 is 1. The molecule has 168 valence electrons. The molecule has 0 spiro atoms. The lowest BCUT2D eigenvalue weighted by atomic mass is 10.1. The van der Waals surface area contributed by atoms with E-state index in [2.05, 4.69) is 20.8 Å². The van der Waals surface area contributed by atoms with E-state index in [4.69, 9.17) is 4.74 Å². The van der Waals surface area contributed by atoms with Gasteiger partial charge in [0.25, 0.3) is 0 Å². The van der Waals surface area contributed by atoms with E-state index in [1.165, 1.54) is 11.8 Å². The molecular weight excluding hydrogens is 426 g/mol. The summed E-state index contributed by atoms with van der Waals surface area (Å²) < 4.78 is 6.93. The number of carbonyl (C=O) groups is 2. The molecule has 3 aromatic rings. The van der Waals surface area contributed by atoms with Crippen LogP contribution in [0.2, 0.25) is 0 Å². The van der Waals surface area contributed by atoms with Gasteiger partial charge in [-0.3, -0.25) is 9.59 Å². The van der Waals surface area contributed by atoms with Gasteiger partial charge in [0, 0.05) is 12.7 Å². The minimum atomic E-state index is -0.325. The monoisotopic (exact) mass is 453 g/mol. The molecule has 0 aliphatic heterocycles. The molecule has 0 unspecified atom stereocenters. The lowest BCUT2D eigenvalue weighted by Crippen LogP contribution is -2.29. The van der Waals surface area contributed by atoms with Gasteiger partial charge in [0.15, 0.2) is 11.0 Å². The Hall–Kier alpha value is -3.33. The van der Waals surface area contributed by atoms with E-state index >= 15 is 0 Å². The number of nitrogens with one attached hydrogen (secondary N) is 2. The van der Waals surface area contributed by atoms with Crippen molar-refractivity contribution in [1.29, 1.82) is 0 Å². The topological polar surface area (TPSA) is 98.1 Å². The maximum Gasteiger partial charge on any atom is 0.234 e. The molecule has 0 aliphatic carbocycles. The van der Waals surface area contributed by atoms with Crippen LogP contribution in [0.4, 0.5) is 5.69 Å². The number of ether oxygens (including phenoxy) is 1. The number of hydrogen-bond donors (Lipinski definition) is 2. The van der Waals surface area contributed by atoms with E-state index in [9.17, 15) is 9.59 Å². The maximum absolute atomic E-state index is 12.4. The molecule has 32 heavy (non-hydrogen) atoms. The molecular formula is C23H27N5O3S. The number of thioether (sulfide) groups is 1. The van der Waals surface area contributed by atoms with Crippen molar-refractivity contribution in [3.63, 3.8) is 0 Å². The molecule has 0 aliphatic rings. The van der Waals surface area contributed by atoms with Crippen molar-refractivity contribution in [1.82, 2.24) is 20.1 Å². The van der Waals surface area contributed by atoms with Gasteiger partial charge < -0.3 is 19.9 Å². The van der Waals surface area contributed by atoms with Crippen LogP contribution in [0.15, 0.2) is 53.7 Å². The molecule has 0 bridgehead atoms. The minimum Gasteiger partial charge on any atom is -0.497 e. The van der Waals surface area contributed by atoms with Crippen molar-refractivity contribution in [3.8, 4) is 5.75 Å². The van der Waals surface area contributed by atoms with E-state index in [1.54, 1.807) is 11.7 Å². The van der Waals surface area contributed by atoms with Crippen LogP contribution >= 0.6 is 11.8 Å². The molecule has 9 heteroatoms. The molecule has 2 aromatic carbocycles. The highest BCUT2D eigenvalue weighted by atomic mass is 32.2. The molecule has 1 atom stereocenters. The maximum atomic E-state index is 12.4. The van der Waals surface area contributed by atoms with Crippen LogP contribution in [0, 0.1) is 6.92 Å². The molecule has 0 saturated heterocycles. The number of benzene rings is 2. The Morgan fingerprint density at radius 1 is 1.06 bits per heavy atom. The number of amides is 2. The van der Waals surface area contributed by atoms with Gasteiger partial charge >= 0.3 is 0 Å². The molecule has 3 rings (SSSR count). The number of aromatic nitrogens is 3. The van der Waals surface area contributed by atoms with Crippen LogP contribution in [-0.4, -0.2) is 39.4 Å². The number of nitrogens with zero attached hydrogens (tertiary/aromatic N) is 3. The smallest absolute Gasteiger partial charge is 0.234 e. The van der Waals surface area contributed by atoms with E-state index < -0.39 is 0 Å². The van der Waals surface area contributed by atoms with Gasteiger partial charge in [-0.25, -0.2) is 0 Å². The third-order valence-corrected chi connectivity index (χ3v) is 5.85. The lowest BCUT2D eigenvalue weighted by molar-refractivity contribution is -0.121. The molecule has 0 saturated carbocycles. The Labute approximate surface area is 191 Å². The number of anilines is 1. The van der Waals surface area contributed by atoms with Crippen molar-refractivity contribution >= 4 is 29.3 Å². The predicted molar refractivity (Wildman–Crippen MR) is 125 cm³/mol. The third kappa shape index (κ3) is 6.34. The Balaban J connectivity index is 1.51. The molecule has 0 radical (unpaired) electrons. The lowest BCUT2D eigenvalue weighted by Gasteiger charge is -2.14. The Kier molecular flexibility index (Phi) is 7.88. The van der Waals surface area contributed by atoms with Gasteiger partial charge in [0.2, 0.25) is 11.8 Å². The highest BCUT2D eigenvalue weighted by Crippen LogP contribution is 2.20. The summed E-state index contributed by atoms with van der Waals surface area (Å²) in [5, 5.41) is 14.8. The van der Waals surface area contributed by atoms with Crippen LogP contribution in [0.5, 0.6) is 5.75 Å². The second-order valence-corrected chi connectivity index (χ2v) is 8.36. The van der Waals surface area contributed by atoms with Gasteiger partial charge in [-0.05, 0) is 43.7 Å². The molecule has 1 heterocycles. The van der Waals surface area contributed by atoms with Crippen molar-refractivity contribution in [3.05, 3.63) is 65.5 Å². The number of rotatable bonds is 9. The number of aryl methyl sites for hydroxylation is 1. The normalized spacial score (nSPS) is 11.6. The fraction of sp³-hybridized carbons (Fsp3) is 0.304. The van der Waals surface area contributed by atoms with Crippen LogP contribution < -0.4 is 15.4 Å². The molecule has 8 nitrogen and oxygen atoms in total. The fourth-order valence-electron chi connectivity index (χ4n) is 3.08.